The van der Waals surface area contributed by atoms with Crippen LogP contribution in [0, 0.1) is 26.2 Å². The van der Waals surface area contributed by atoms with Gasteiger partial charge in [-0.2, -0.15) is 0 Å². The number of hydrogen-bond donors (Lipinski definition) is 1. The van der Waals surface area contributed by atoms with Crippen molar-refractivity contribution in [1.29, 1.82) is 0 Å². The molecule has 1 aromatic rings. The number of anilines is 1. The second kappa shape index (κ2) is 4.72. The molecule has 74 valence electrons. The molecule has 1 rings (SSSR count). The first-order valence-electron chi connectivity index (χ1n) is 4.97. The van der Waals surface area contributed by atoms with E-state index in [1.54, 1.807) is 0 Å². The standard InChI is InChI=1S/C13H17N/c1-5-12(6-2)14-13-8-7-10(3)9-11(13)4/h1,7-9,12,14H,6H2,2-4H3. The summed E-state index contributed by atoms with van der Waals surface area (Å²) in [5, 5.41) is 3.34. The highest BCUT2D eigenvalue weighted by Gasteiger charge is 2.03. The van der Waals surface area contributed by atoms with E-state index in [1.807, 2.05) is 0 Å². The number of aryl methyl sites for hydroxylation is 2. The van der Waals surface area contributed by atoms with Crippen LogP contribution >= 0.6 is 0 Å². The summed E-state index contributed by atoms with van der Waals surface area (Å²) in [4.78, 5) is 0. The molecule has 1 nitrogen and oxygen atoms in total. The number of nitrogens with one attached hydrogen (secondary N) is 1. The maximum Gasteiger partial charge on any atom is 0.0871 e. The van der Waals surface area contributed by atoms with Crippen LogP contribution in [0.1, 0.15) is 24.5 Å². The molecule has 0 aliphatic rings. The van der Waals surface area contributed by atoms with Crippen molar-refractivity contribution in [3.63, 3.8) is 0 Å². The van der Waals surface area contributed by atoms with Gasteiger partial charge >= 0.3 is 0 Å². The van der Waals surface area contributed by atoms with Crippen LogP contribution in [0.25, 0.3) is 0 Å². The molecular weight excluding hydrogens is 170 g/mol. The Morgan fingerprint density at radius 2 is 2.14 bits per heavy atom. The molecule has 1 atom stereocenters. The summed E-state index contributed by atoms with van der Waals surface area (Å²) in [5.41, 5.74) is 3.67. The molecule has 0 fully saturated rings. The second-order valence-corrected chi connectivity index (χ2v) is 3.59. The van der Waals surface area contributed by atoms with Gasteiger partial charge in [-0.15, -0.1) is 6.42 Å². The number of hydrogen-bond acceptors (Lipinski definition) is 1. The molecule has 0 radical (unpaired) electrons. The third kappa shape index (κ3) is 2.53. The molecule has 0 aliphatic carbocycles. The van der Waals surface area contributed by atoms with E-state index in [9.17, 15) is 0 Å². The van der Waals surface area contributed by atoms with Crippen molar-refractivity contribution in [3.05, 3.63) is 29.3 Å². The van der Waals surface area contributed by atoms with Crippen LogP contribution in [0.5, 0.6) is 0 Å². The zero-order valence-corrected chi connectivity index (χ0v) is 9.09. The predicted molar refractivity (Wildman–Crippen MR) is 62.5 cm³/mol. The van der Waals surface area contributed by atoms with Gasteiger partial charge in [-0.05, 0) is 31.9 Å². The lowest BCUT2D eigenvalue weighted by atomic mass is 10.1. The van der Waals surface area contributed by atoms with Gasteiger partial charge in [0.05, 0.1) is 6.04 Å². The fourth-order valence-corrected chi connectivity index (χ4v) is 1.42. The highest BCUT2D eigenvalue weighted by Crippen LogP contribution is 2.17. The highest BCUT2D eigenvalue weighted by molar-refractivity contribution is 5.53. The molecule has 0 spiro atoms. The quantitative estimate of drug-likeness (QED) is 0.717. The SMILES string of the molecule is C#CC(CC)Nc1ccc(C)cc1C. The normalized spacial score (nSPS) is 11.9. The fourth-order valence-electron chi connectivity index (χ4n) is 1.42. The van der Waals surface area contributed by atoms with E-state index in [2.05, 4.69) is 50.2 Å². The molecule has 0 amide bonds. The van der Waals surface area contributed by atoms with Crippen molar-refractivity contribution < 1.29 is 0 Å². The molecule has 0 aromatic heterocycles. The van der Waals surface area contributed by atoms with Gasteiger partial charge in [0, 0.05) is 5.69 Å². The zero-order valence-electron chi connectivity index (χ0n) is 9.09. The number of terminal acetylenes is 1. The third-order valence-electron chi connectivity index (χ3n) is 2.32. The monoisotopic (exact) mass is 187 g/mol. The second-order valence-electron chi connectivity index (χ2n) is 3.59. The van der Waals surface area contributed by atoms with Crippen LogP contribution < -0.4 is 5.32 Å². The minimum absolute atomic E-state index is 0.136. The molecule has 0 bridgehead atoms. The molecule has 1 unspecified atom stereocenters. The number of rotatable bonds is 3. The molecule has 1 heteroatoms. The highest BCUT2D eigenvalue weighted by atomic mass is 14.9. The maximum absolute atomic E-state index is 5.40. The van der Waals surface area contributed by atoms with Crippen LogP contribution in [-0.2, 0) is 0 Å². The molecule has 0 aliphatic heterocycles. The lowest BCUT2D eigenvalue weighted by Crippen LogP contribution is -2.16. The van der Waals surface area contributed by atoms with Gasteiger partial charge in [-0.3, -0.25) is 0 Å². The lowest BCUT2D eigenvalue weighted by molar-refractivity contribution is 0.856. The smallest absolute Gasteiger partial charge is 0.0871 e. The summed E-state index contributed by atoms with van der Waals surface area (Å²) < 4.78 is 0. The predicted octanol–water partition coefficient (Wildman–Crippen LogP) is 3.13. The first-order chi connectivity index (χ1) is 6.67. The zero-order chi connectivity index (χ0) is 10.6. The van der Waals surface area contributed by atoms with E-state index in [-0.39, 0.29) is 6.04 Å². The summed E-state index contributed by atoms with van der Waals surface area (Å²) in [5.74, 6) is 2.73. The Hall–Kier alpha value is -1.42. The summed E-state index contributed by atoms with van der Waals surface area (Å²) in [6.45, 7) is 6.27. The van der Waals surface area contributed by atoms with Gasteiger partial charge in [0.15, 0.2) is 0 Å². The Kier molecular flexibility index (Phi) is 3.59. The molecule has 14 heavy (non-hydrogen) atoms. The Morgan fingerprint density at radius 3 is 2.64 bits per heavy atom. The summed E-state index contributed by atoms with van der Waals surface area (Å²) in [6.07, 6.45) is 6.35. The van der Waals surface area contributed by atoms with E-state index >= 15 is 0 Å². The summed E-state index contributed by atoms with van der Waals surface area (Å²) >= 11 is 0. The van der Waals surface area contributed by atoms with Crippen molar-refractivity contribution in [1.82, 2.24) is 0 Å². The molecule has 1 aromatic carbocycles. The summed E-state index contributed by atoms with van der Waals surface area (Å²) in [7, 11) is 0. The van der Waals surface area contributed by atoms with E-state index in [4.69, 9.17) is 6.42 Å². The van der Waals surface area contributed by atoms with Crippen molar-refractivity contribution in [3.8, 4) is 12.3 Å². The minimum atomic E-state index is 0.136. The molecule has 0 saturated heterocycles. The minimum Gasteiger partial charge on any atom is -0.371 e. The van der Waals surface area contributed by atoms with Crippen LogP contribution in [0.2, 0.25) is 0 Å². The average Bonchev–Trinajstić information content (AvgIpc) is 2.17. The van der Waals surface area contributed by atoms with Gasteiger partial charge in [0.25, 0.3) is 0 Å². The van der Waals surface area contributed by atoms with Gasteiger partial charge in [0.2, 0.25) is 0 Å². The van der Waals surface area contributed by atoms with Crippen LogP contribution in [0.3, 0.4) is 0 Å². The Labute approximate surface area is 86.5 Å². The molecule has 0 saturated carbocycles. The van der Waals surface area contributed by atoms with Crippen molar-refractivity contribution in [2.75, 3.05) is 5.32 Å². The van der Waals surface area contributed by atoms with Gasteiger partial charge in [-0.25, -0.2) is 0 Å². The Bertz CT molecular complexity index is 347. The van der Waals surface area contributed by atoms with Crippen molar-refractivity contribution >= 4 is 5.69 Å². The Morgan fingerprint density at radius 1 is 1.43 bits per heavy atom. The largest absolute Gasteiger partial charge is 0.371 e. The fraction of sp³-hybridized carbons (Fsp3) is 0.385. The van der Waals surface area contributed by atoms with Crippen LogP contribution in [0.15, 0.2) is 18.2 Å². The van der Waals surface area contributed by atoms with Crippen molar-refractivity contribution in [2.24, 2.45) is 0 Å². The maximum atomic E-state index is 5.40. The molecular formula is C13H17N. The molecule has 1 N–H and O–H groups in total. The first kappa shape index (κ1) is 10.7. The van der Waals surface area contributed by atoms with Crippen LogP contribution in [0.4, 0.5) is 5.69 Å². The Balaban J connectivity index is 2.82. The molecule has 0 heterocycles. The van der Waals surface area contributed by atoms with E-state index < -0.39 is 0 Å². The van der Waals surface area contributed by atoms with E-state index in [0.29, 0.717) is 0 Å². The van der Waals surface area contributed by atoms with E-state index in [0.717, 1.165) is 12.1 Å². The third-order valence-corrected chi connectivity index (χ3v) is 2.32. The number of benzene rings is 1. The van der Waals surface area contributed by atoms with Gasteiger partial charge in [0.1, 0.15) is 0 Å². The van der Waals surface area contributed by atoms with Crippen molar-refractivity contribution in [2.45, 2.75) is 33.2 Å². The first-order valence-corrected chi connectivity index (χ1v) is 4.97. The van der Waals surface area contributed by atoms with Gasteiger partial charge < -0.3 is 5.32 Å². The topological polar surface area (TPSA) is 12.0 Å². The summed E-state index contributed by atoms with van der Waals surface area (Å²) in [6, 6.07) is 6.48. The van der Waals surface area contributed by atoms with Crippen LogP contribution in [-0.4, -0.2) is 6.04 Å². The lowest BCUT2D eigenvalue weighted by Gasteiger charge is -2.14. The van der Waals surface area contributed by atoms with E-state index in [1.165, 1.54) is 11.1 Å². The average molecular weight is 187 g/mol. The van der Waals surface area contributed by atoms with Gasteiger partial charge in [-0.1, -0.05) is 30.5 Å².